The molecule has 0 saturated heterocycles. The summed E-state index contributed by atoms with van der Waals surface area (Å²) in [5.41, 5.74) is 9.48. The fraction of sp³-hybridized carbons (Fsp3) is 0.111. The predicted molar refractivity (Wildman–Crippen MR) is 97.5 cm³/mol. The first-order chi connectivity index (χ1) is 11.9. The molecule has 7 heteroatoms. The van der Waals surface area contributed by atoms with Gasteiger partial charge in [-0.25, -0.2) is 14.6 Å². The molecule has 2 N–H and O–H groups in total. The molecule has 1 amide bonds. The number of carbonyl (C=O) groups excluding carboxylic acids is 1. The fourth-order valence-corrected chi connectivity index (χ4v) is 2.63. The van der Waals surface area contributed by atoms with Crippen molar-refractivity contribution in [2.75, 3.05) is 0 Å². The van der Waals surface area contributed by atoms with Crippen molar-refractivity contribution in [3.05, 3.63) is 64.7 Å². The van der Waals surface area contributed by atoms with Crippen LogP contribution in [-0.2, 0) is 4.79 Å². The minimum atomic E-state index is -0.590. The Labute approximate surface area is 150 Å². The van der Waals surface area contributed by atoms with Gasteiger partial charge in [-0.15, -0.1) is 5.10 Å². The number of hydrogen-bond acceptors (Lipinski definition) is 4. The van der Waals surface area contributed by atoms with Gasteiger partial charge in [-0.1, -0.05) is 28.8 Å². The lowest BCUT2D eigenvalue weighted by atomic mass is 10.1. The number of aromatic nitrogens is 4. The Kier molecular flexibility index (Phi) is 4.63. The summed E-state index contributed by atoms with van der Waals surface area (Å²) < 4.78 is 1.46. The van der Waals surface area contributed by atoms with Crippen molar-refractivity contribution in [2.24, 2.45) is 5.73 Å². The second-order valence-corrected chi connectivity index (χ2v) is 6.09. The Morgan fingerprint density at radius 3 is 2.48 bits per heavy atom. The first-order valence-electron chi connectivity index (χ1n) is 7.56. The maximum Gasteiger partial charge on any atom is 0.250 e. The van der Waals surface area contributed by atoms with Gasteiger partial charge in [0, 0.05) is 23.5 Å². The summed E-state index contributed by atoms with van der Waals surface area (Å²) in [5, 5.41) is 4.74. The van der Waals surface area contributed by atoms with Crippen molar-refractivity contribution in [1.29, 1.82) is 0 Å². The van der Waals surface area contributed by atoms with E-state index in [1.807, 2.05) is 26.0 Å². The zero-order valence-electron chi connectivity index (χ0n) is 13.8. The van der Waals surface area contributed by atoms with E-state index >= 15 is 0 Å². The number of hydrogen-bond donors (Lipinski definition) is 1. The minimum absolute atomic E-state index is 0.265. The van der Waals surface area contributed by atoms with Crippen molar-refractivity contribution in [1.82, 2.24) is 19.7 Å². The minimum Gasteiger partial charge on any atom is -0.366 e. The molecule has 3 rings (SSSR count). The number of amides is 1. The van der Waals surface area contributed by atoms with E-state index in [9.17, 15) is 4.79 Å². The van der Waals surface area contributed by atoms with Gasteiger partial charge >= 0.3 is 0 Å². The molecule has 0 saturated carbocycles. The molecule has 2 aromatic heterocycles. The number of carbonyl (C=O) groups is 1. The molecule has 25 heavy (non-hydrogen) atoms. The SMILES string of the molecule is Cc1cc(C)cc(-c2ncn(C=C(C(N)=O)c3ccc(Cl)nc3)n2)c1. The molecule has 126 valence electrons. The lowest BCUT2D eigenvalue weighted by Crippen LogP contribution is -2.14. The molecule has 6 nitrogen and oxygen atoms in total. The van der Waals surface area contributed by atoms with Crippen molar-refractivity contribution in [2.45, 2.75) is 13.8 Å². The number of aryl methyl sites for hydroxylation is 2. The third-order valence-electron chi connectivity index (χ3n) is 3.55. The summed E-state index contributed by atoms with van der Waals surface area (Å²) in [5.74, 6) is -0.0197. The Hall–Kier alpha value is -2.99. The highest BCUT2D eigenvalue weighted by Gasteiger charge is 2.11. The van der Waals surface area contributed by atoms with Gasteiger partial charge in [-0.05, 0) is 38.1 Å². The van der Waals surface area contributed by atoms with E-state index in [2.05, 4.69) is 21.1 Å². The van der Waals surface area contributed by atoms with Crippen LogP contribution in [0.25, 0.3) is 23.2 Å². The van der Waals surface area contributed by atoms with Gasteiger partial charge in [0.15, 0.2) is 5.82 Å². The van der Waals surface area contributed by atoms with Crippen LogP contribution in [0.4, 0.5) is 0 Å². The third kappa shape index (κ3) is 3.92. The molecule has 0 bridgehead atoms. The highest BCUT2D eigenvalue weighted by molar-refractivity contribution is 6.29. The molecule has 0 spiro atoms. The van der Waals surface area contributed by atoms with E-state index in [-0.39, 0.29) is 5.57 Å². The van der Waals surface area contributed by atoms with Crippen LogP contribution in [0, 0.1) is 13.8 Å². The maximum absolute atomic E-state index is 11.8. The zero-order valence-corrected chi connectivity index (χ0v) is 14.5. The van der Waals surface area contributed by atoms with Gasteiger partial charge in [-0.3, -0.25) is 4.79 Å². The van der Waals surface area contributed by atoms with Crippen molar-refractivity contribution in [3.63, 3.8) is 0 Å². The lowest BCUT2D eigenvalue weighted by Gasteiger charge is -2.03. The van der Waals surface area contributed by atoms with Crippen LogP contribution >= 0.6 is 11.6 Å². The van der Waals surface area contributed by atoms with Gasteiger partial charge in [0.05, 0.1) is 5.57 Å². The molecule has 0 atom stereocenters. The van der Waals surface area contributed by atoms with E-state index in [0.717, 1.165) is 16.7 Å². The van der Waals surface area contributed by atoms with Crippen LogP contribution in [0.1, 0.15) is 16.7 Å². The van der Waals surface area contributed by atoms with Crippen LogP contribution in [0.3, 0.4) is 0 Å². The third-order valence-corrected chi connectivity index (χ3v) is 3.78. The highest BCUT2D eigenvalue weighted by Crippen LogP contribution is 2.20. The van der Waals surface area contributed by atoms with Crippen LogP contribution in [0.5, 0.6) is 0 Å². The molecule has 1 aromatic carbocycles. The first-order valence-corrected chi connectivity index (χ1v) is 7.93. The number of nitrogens with two attached hydrogens (primary N) is 1. The molecule has 0 aliphatic heterocycles. The Morgan fingerprint density at radius 1 is 1.16 bits per heavy atom. The Balaban J connectivity index is 1.98. The first kappa shape index (κ1) is 16.9. The van der Waals surface area contributed by atoms with Crippen LogP contribution in [0.2, 0.25) is 5.15 Å². The van der Waals surface area contributed by atoms with Gasteiger partial charge < -0.3 is 5.73 Å². The second-order valence-electron chi connectivity index (χ2n) is 5.70. The smallest absolute Gasteiger partial charge is 0.250 e. The monoisotopic (exact) mass is 353 g/mol. The average Bonchev–Trinajstić information content (AvgIpc) is 3.01. The van der Waals surface area contributed by atoms with Crippen molar-refractivity contribution >= 4 is 29.3 Å². The number of primary amides is 1. The quantitative estimate of drug-likeness (QED) is 0.576. The second kappa shape index (κ2) is 6.86. The topological polar surface area (TPSA) is 86.7 Å². The van der Waals surface area contributed by atoms with Crippen LogP contribution in [-0.4, -0.2) is 25.7 Å². The van der Waals surface area contributed by atoms with Crippen LogP contribution in [0.15, 0.2) is 42.9 Å². The van der Waals surface area contributed by atoms with Gasteiger partial charge in [0.25, 0.3) is 5.91 Å². The fourth-order valence-electron chi connectivity index (χ4n) is 2.52. The van der Waals surface area contributed by atoms with Crippen molar-refractivity contribution < 1.29 is 4.79 Å². The molecular formula is C18H16ClN5O. The van der Waals surface area contributed by atoms with Gasteiger partial charge in [0.1, 0.15) is 11.5 Å². The lowest BCUT2D eigenvalue weighted by molar-refractivity contribution is -0.112. The molecule has 3 aromatic rings. The Bertz CT molecular complexity index is 940. The molecule has 0 fully saturated rings. The van der Waals surface area contributed by atoms with Gasteiger partial charge in [0.2, 0.25) is 0 Å². The van der Waals surface area contributed by atoms with E-state index in [0.29, 0.717) is 16.5 Å². The predicted octanol–water partition coefficient (Wildman–Crippen LogP) is 3.09. The summed E-state index contributed by atoms with van der Waals surface area (Å²) in [7, 11) is 0. The van der Waals surface area contributed by atoms with E-state index in [4.69, 9.17) is 17.3 Å². The standard InChI is InChI=1S/C18H16ClN5O/c1-11-5-12(2)7-14(6-11)18-22-10-24(23-18)9-15(17(20)25)13-3-4-16(19)21-8-13/h3-10H,1-2H3,(H2,20,25). The maximum atomic E-state index is 11.8. The molecule has 0 radical (unpaired) electrons. The van der Waals surface area contributed by atoms with Gasteiger partial charge in [-0.2, -0.15) is 0 Å². The van der Waals surface area contributed by atoms with Crippen LogP contribution < -0.4 is 5.73 Å². The highest BCUT2D eigenvalue weighted by atomic mass is 35.5. The van der Waals surface area contributed by atoms with Crippen molar-refractivity contribution in [3.8, 4) is 11.4 Å². The molecule has 0 aliphatic rings. The van der Waals surface area contributed by atoms with E-state index < -0.39 is 5.91 Å². The summed E-state index contributed by atoms with van der Waals surface area (Å²) >= 11 is 5.78. The largest absolute Gasteiger partial charge is 0.366 e. The zero-order chi connectivity index (χ0) is 18.0. The van der Waals surface area contributed by atoms with E-state index in [1.54, 1.807) is 12.1 Å². The molecule has 0 aliphatic carbocycles. The number of benzene rings is 1. The number of rotatable bonds is 4. The number of pyridine rings is 1. The summed E-state index contributed by atoms with van der Waals surface area (Å²) in [6.07, 6.45) is 4.53. The normalized spacial score (nSPS) is 11.6. The number of nitrogens with zero attached hydrogens (tertiary/aromatic N) is 4. The molecular weight excluding hydrogens is 338 g/mol. The van der Waals surface area contributed by atoms with E-state index in [1.165, 1.54) is 23.4 Å². The average molecular weight is 354 g/mol. The summed E-state index contributed by atoms with van der Waals surface area (Å²) in [6.45, 7) is 4.04. The molecule has 2 heterocycles. The Morgan fingerprint density at radius 2 is 1.88 bits per heavy atom. The molecule has 0 unspecified atom stereocenters. The summed E-state index contributed by atoms with van der Waals surface area (Å²) in [6, 6.07) is 9.37. The number of halogens is 1. The summed E-state index contributed by atoms with van der Waals surface area (Å²) in [4.78, 5) is 20.1.